The van der Waals surface area contributed by atoms with Crippen molar-refractivity contribution in [3.63, 3.8) is 0 Å². The van der Waals surface area contributed by atoms with Crippen molar-refractivity contribution in [2.24, 2.45) is 0 Å². The SMILES string of the molecule is CCCCCCCC(NC)c1ccc(OC)c(Cl)c1. The summed E-state index contributed by atoms with van der Waals surface area (Å²) in [5.74, 6) is 0.739. The number of unbranched alkanes of at least 4 members (excludes halogenated alkanes) is 4. The van der Waals surface area contributed by atoms with Gasteiger partial charge in [-0.3, -0.25) is 0 Å². The molecule has 0 saturated carbocycles. The van der Waals surface area contributed by atoms with Crippen LogP contribution in [-0.4, -0.2) is 14.2 Å². The maximum Gasteiger partial charge on any atom is 0.137 e. The summed E-state index contributed by atoms with van der Waals surface area (Å²) in [6, 6.07) is 6.43. The predicted octanol–water partition coefficient (Wildman–Crippen LogP) is 4.97. The Bertz CT molecular complexity index is 368. The van der Waals surface area contributed by atoms with Gasteiger partial charge in [-0.2, -0.15) is 0 Å². The Hall–Kier alpha value is -0.730. The second kappa shape index (κ2) is 9.22. The van der Waals surface area contributed by atoms with E-state index in [0.717, 1.165) is 12.2 Å². The average molecular weight is 284 g/mol. The van der Waals surface area contributed by atoms with Crippen molar-refractivity contribution < 1.29 is 4.74 Å². The standard InChI is InChI=1S/C16H26ClNO/c1-4-5-6-7-8-9-15(18-2)13-10-11-16(19-3)14(17)12-13/h10-12,15,18H,4-9H2,1-3H3. The minimum atomic E-state index is 0.380. The molecule has 0 spiro atoms. The molecule has 0 heterocycles. The highest BCUT2D eigenvalue weighted by molar-refractivity contribution is 6.32. The fourth-order valence-electron chi connectivity index (χ4n) is 2.33. The van der Waals surface area contributed by atoms with E-state index in [-0.39, 0.29) is 0 Å². The van der Waals surface area contributed by atoms with Crippen LogP contribution in [0.4, 0.5) is 0 Å². The fourth-order valence-corrected chi connectivity index (χ4v) is 2.60. The highest BCUT2D eigenvalue weighted by Gasteiger charge is 2.11. The lowest BCUT2D eigenvalue weighted by Gasteiger charge is -2.17. The minimum Gasteiger partial charge on any atom is -0.495 e. The summed E-state index contributed by atoms with van der Waals surface area (Å²) < 4.78 is 5.19. The summed E-state index contributed by atoms with van der Waals surface area (Å²) in [5.41, 5.74) is 1.24. The van der Waals surface area contributed by atoms with E-state index in [2.05, 4.69) is 18.3 Å². The zero-order chi connectivity index (χ0) is 14.1. The van der Waals surface area contributed by atoms with Gasteiger partial charge in [0.1, 0.15) is 5.75 Å². The Morgan fingerprint density at radius 3 is 2.53 bits per heavy atom. The summed E-state index contributed by atoms with van der Waals surface area (Å²) in [7, 11) is 3.65. The van der Waals surface area contributed by atoms with Crippen molar-refractivity contribution in [2.75, 3.05) is 14.2 Å². The van der Waals surface area contributed by atoms with Crippen molar-refractivity contribution in [1.82, 2.24) is 5.32 Å². The van der Waals surface area contributed by atoms with Crippen molar-refractivity contribution in [1.29, 1.82) is 0 Å². The number of rotatable bonds is 9. The number of hydrogen-bond donors (Lipinski definition) is 1. The van der Waals surface area contributed by atoms with Crippen molar-refractivity contribution in [3.8, 4) is 5.75 Å². The molecular formula is C16H26ClNO. The van der Waals surface area contributed by atoms with Crippen LogP contribution in [0.2, 0.25) is 5.02 Å². The van der Waals surface area contributed by atoms with Crippen LogP contribution in [0.3, 0.4) is 0 Å². The number of nitrogens with one attached hydrogen (secondary N) is 1. The second-order valence-electron chi connectivity index (χ2n) is 4.94. The summed E-state index contributed by atoms with van der Waals surface area (Å²) in [5, 5.41) is 4.06. The molecule has 0 aromatic heterocycles. The third kappa shape index (κ3) is 5.42. The number of ether oxygens (including phenoxy) is 1. The Morgan fingerprint density at radius 1 is 1.21 bits per heavy atom. The molecule has 0 fully saturated rings. The smallest absolute Gasteiger partial charge is 0.137 e. The first kappa shape index (κ1) is 16.3. The van der Waals surface area contributed by atoms with E-state index in [1.807, 2.05) is 19.2 Å². The molecule has 1 unspecified atom stereocenters. The molecule has 1 aromatic carbocycles. The first-order valence-corrected chi connectivity index (χ1v) is 7.61. The monoisotopic (exact) mass is 283 g/mol. The summed E-state index contributed by atoms with van der Waals surface area (Å²) >= 11 is 6.18. The summed E-state index contributed by atoms with van der Waals surface area (Å²) in [6.07, 6.45) is 7.71. The van der Waals surface area contributed by atoms with Gasteiger partial charge in [0, 0.05) is 6.04 Å². The predicted molar refractivity (Wildman–Crippen MR) is 83.2 cm³/mol. The van der Waals surface area contributed by atoms with Crippen LogP contribution in [0.15, 0.2) is 18.2 Å². The van der Waals surface area contributed by atoms with Crippen LogP contribution >= 0.6 is 11.6 Å². The van der Waals surface area contributed by atoms with Gasteiger partial charge >= 0.3 is 0 Å². The molecule has 0 bridgehead atoms. The van der Waals surface area contributed by atoms with Gasteiger partial charge in [0.25, 0.3) is 0 Å². The summed E-state index contributed by atoms with van der Waals surface area (Å²) in [6.45, 7) is 2.25. The molecule has 1 atom stereocenters. The third-order valence-electron chi connectivity index (χ3n) is 3.52. The highest BCUT2D eigenvalue weighted by atomic mass is 35.5. The van der Waals surface area contributed by atoms with E-state index in [1.165, 1.54) is 37.7 Å². The Balaban J connectivity index is 2.52. The molecule has 108 valence electrons. The van der Waals surface area contributed by atoms with Crippen molar-refractivity contribution >= 4 is 11.6 Å². The van der Waals surface area contributed by atoms with Crippen molar-refractivity contribution in [2.45, 2.75) is 51.5 Å². The molecule has 0 aliphatic carbocycles. The lowest BCUT2D eigenvalue weighted by atomic mass is 10.00. The van der Waals surface area contributed by atoms with Gasteiger partial charge in [-0.25, -0.2) is 0 Å². The molecule has 0 amide bonds. The molecule has 0 aliphatic rings. The Kier molecular flexibility index (Phi) is 7.92. The van der Waals surface area contributed by atoms with E-state index >= 15 is 0 Å². The van der Waals surface area contributed by atoms with Crippen LogP contribution in [0.25, 0.3) is 0 Å². The van der Waals surface area contributed by atoms with Crippen LogP contribution in [-0.2, 0) is 0 Å². The number of methoxy groups -OCH3 is 1. The first-order valence-electron chi connectivity index (χ1n) is 7.23. The van der Waals surface area contributed by atoms with E-state index in [1.54, 1.807) is 7.11 Å². The van der Waals surface area contributed by atoms with Gasteiger partial charge in [-0.15, -0.1) is 0 Å². The molecule has 1 aromatic rings. The molecule has 0 radical (unpaired) electrons. The molecule has 1 N–H and O–H groups in total. The lowest BCUT2D eigenvalue weighted by Crippen LogP contribution is -2.16. The normalized spacial score (nSPS) is 12.4. The number of hydrogen-bond acceptors (Lipinski definition) is 2. The maximum absolute atomic E-state index is 6.18. The highest BCUT2D eigenvalue weighted by Crippen LogP contribution is 2.29. The van der Waals surface area contributed by atoms with E-state index in [9.17, 15) is 0 Å². The fraction of sp³-hybridized carbons (Fsp3) is 0.625. The van der Waals surface area contributed by atoms with Crippen LogP contribution in [0, 0.1) is 0 Å². The minimum absolute atomic E-state index is 0.380. The molecular weight excluding hydrogens is 258 g/mol. The first-order chi connectivity index (χ1) is 9.22. The second-order valence-corrected chi connectivity index (χ2v) is 5.35. The number of halogens is 1. The van der Waals surface area contributed by atoms with Gasteiger partial charge < -0.3 is 10.1 Å². The summed E-state index contributed by atoms with van der Waals surface area (Å²) in [4.78, 5) is 0. The molecule has 0 saturated heterocycles. The average Bonchev–Trinajstić information content (AvgIpc) is 2.43. The van der Waals surface area contributed by atoms with Crippen molar-refractivity contribution in [3.05, 3.63) is 28.8 Å². The van der Waals surface area contributed by atoms with Gasteiger partial charge in [0.05, 0.1) is 12.1 Å². The molecule has 1 rings (SSSR count). The van der Waals surface area contributed by atoms with Crippen LogP contribution in [0.5, 0.6) is 5.75 Å². The van der Waals surface area contributed by atoms with Gasteiger partial charge in [-0.1, -0.05) is 56.7 Å². The molecule has 19 heavy (non-hydrogen) atoms. The zero-order valence-electron chi connectivity index (χ0n) is 12.3. The largest absolute Gasteiger partial charge is 0.495 e. The molecule has 2 nitrogen and oxygen atoms in total. The third-order valence-corrected chi connectivity index (χ3v) is 3.82. The van der Waals surface area contributed by atoms with Gasteiger partial charge in [0.2, 0.25) is 0 Å². The number of benzene rings is 1. The topological polar surface area (TPSA) is 21.3 Å². The lowest BCUT2D eigenvalue weighted by molar-refractivity contribution is 0.414. The zero-order valence-corrected chi connectivity index (χ0v) is 13.1. The maximum atomic E-state index is 6.18. The van der Waals surface area contributed by atoms with E-state index < -0.39 is 0 Å². The quantitative estimate of drug-likeness (QED) is 0.646. The van der Waals surface area contributed by atoms with Crippen LogP contribution < -0.4 is 10.1 Å². The van der Waals surface area contributed by atoms with E-state index in [4.69, 9.17) is 16.3 Å². The Morgan fingerprint density at radius 2 is 1.95 bits per heavy atom. The molecule has 3 heteroatoms. The van der Waals surface area contributed by atoms with Gasteiger partial charge in [0.15, 0.2) is 0 Å². The van der Waals surface area contributed by atoms with Crippen LogP contribution in [0.1, 0.15) is 57.1 Å². The van der Waals surface area contributed by atoms with Gasteiger partial charge in [-0.05, 0) is 31.2 Å². The Labute approximate surface area is 122 Å². The van der Waals surface area contributed by atoms with E-state index in [0.29, 0.717) is 11.1 Å². The molecule has 0 aliphatic heterocycles.